The Morgan fingerprint density at radius 3 is 2.21 bits per heavy atom. The average molecular weight is 654 g/mol. The molecule has 0 spiro atoms. The number of amides is 3. The number of likely N-dealkylation sites (tertiary alicyclic amines) is 1. The second kappa shape index (κ2) is 14.2. The third-order valence-electron chi connectivity index (χ3n) is 7.05. The van der Waals surface area contributed by atoms with Crippen LogP contribution in [0.5, 0.6) is 0 Å². The van der Waals surface area contributed by atoms with Gasteiger partial charge in [-0.15, -0.1) is 0 Å². The van der Waals surface area contributed by atoms with E-state index in [0.29, 0.717) is 42.7 Å². The van der Waals surface area contributed by atoms with Gasteiger partial charge in [0.2, 0.25) is 11.7 Å². The van der Waals surface area contributed by atoms with Gasteiger partial charge in [-0.05, 0) is 96.3 Å². The quantitative estimate of drug-likeness (QED) is 0.276. The highest BCUT2D eigenvalue weighted by Crippen LogP contribution is 2.27. The summed E-state index contributed by atoms with van der Waals surface area (Å²) in [5.41, 5.74) is 0.130. The Labute approximate surface area is 271 Å². The maximum atomic E-state index is 15.2. The largest absolute Gasteiger partial charge is 0.480 e. The molecule has 1 fully saturated rings. The molecular formula is C33H40FN5O8. The lowest BCUT2D eigenvalue weighted by Crippen LogP contribution is -2.48. The number of carbonyl (C=O) groups excluding carboxylic acids is 3. The zero-order chi connectivity index (χ0) is 34.5. The number of carbonyl (C=O) groups is 4. The Morgan fingerprint density at radius 1 is 1.00 bits per heavy atom. The molecular weight excluding hydrogens is 613 g/mol. The molecule has 252 valence electrons. The van der Waals surface area contributed by atoms with Gasteiger partial charge in [-0.25, -0.2) is 18.8 Å². The molecule has 3 N–H and O–H groups in total. The summed E-state index contributed by atoms with van der Waals surface area (Å²) in [5, 5.41) is 18.9. The third-order valence-corrected chi connectivity index (χ3v) is 7.05. The first-order valence-corrected chi connectivity index (χ1v) is 15.2. The lowest BCUT2D eigenvalue weighted by molar-refractivity contribution is -0.142. The molecule has 47 heavy (non-hydrogen) atoms. The molecule has 1 aliphatic heterocycles. The van der Waals surface area contributed by atoms with Crippen molar-refractivity contribution in [1.29, 1.82) is 0 Å². The molecule has 2 aromatic carbocycles. The number of nitrogens with zero attached hydrogens (tertiary/aromatic N) is 3. The Morgan fingerprint density at radius 2 is 1.64 bits per heavy atom. The van der Waals surface area contributed by atoms with Gasteiger partial charge in [-0.2, -0.15) is 4.98 Å². The highest BCUT2D eigenvalue weighted by molar-refractivity contribution is 5.86. The van der Waals surface area contributed by atoms with E-state index in [9.17, 15) is 24.3 Å². The Bertz CT molecular complexity index is 1600. The van der Waals surface area contributed by atoms with Crippen molar-refractivity contribution in [3.05, 3.63) is 53.8 Å². The topological polar surface area (TPSA) is 173 Å². The molecule has 1 unspecified atom stereocenters. The second-order valence-corrected chi connectivity index (χ2v) is 13.3. The SMILES string of the molecule is CC(C)(C)OC(=O)Nc1ccc(-c2nc(-c3ccc(CC(NC(=O)C4CCN(C(=O)OC(C)(C)C)CC4)C(=O)O)cc3F)no2)cc1. The van der Waals surface area contributed by atoms with Crippen LogP contribution in [0.3, 0.4) is 0 Å². The summed E-state index contributed by atoms with van der Waals surface area (Å²) < 4.78 is 31.1. The molecule has 0 saturated carbocycles. The van der Waals surface area contributed by atoms with Crippen molar-refractivity contribution >= 4 is 29.8 Å². The van der Waals surface area contributed by atoms with Crippen LogP contribution in [0.2, 0.25) is 0 Å². The van der Waals surface area contributed by atoms with E-state index in [1.54, 1.807) is 65.8 Å². The fourth-order valence-corrected chi connectivity index (χ4v) is 4.81. The number of halogens is 1. The predicted octanol–water partition coefficient (Wildman–Crippen LogP) is 5.65. The molecule has 1 saturated heterocycles. The maximum Gasteiger partial charge on any atom is 0.412 e. The molecule has 4 rings (SSSR count). The lowest BCUT2D eigenvalue weighted by atomic mass is 9.95. The number of anilines is 1. The van der Waals surface area contributed by atoms with Gasteiger partial charge in [0, 0.05) is 36.7 Å². The van der Waals surface area contributed by atoms with Crippen molar-refractivity contribution < 1.29 is 42.7 Å². The van der Waals surface area contributed by atoms with Crippen LogP contribution < -0.4 is 10.6 Å². The Kier molecular flexibility index (Phi) is 10.5. The van der Waals surface area contributed by atoms with E-state index in [1.165, 1.54) is 23.1 Å². The fourth-order valence-electron chi connectivity index (χ4n) is 4.81. The molecule has 13 nitrogen and oxygen atoms in total. The van der Waals surface area contributed by atoms with Crippen molar-refractivity contribution in [2.45, 2.75) is 78.0 Å². The van der Waals surface area contributed by atoms with E-state index < -0.39 is 53.0 Å². The van der Waals surface area contributed by atoms with Crippen molar-refractivity contribution in [1.82, 2.24) is 20.4 Å². The van der Waals surface area contributed by atoms with E-state index in [0.717, 1.165) is 0 Å². The summed E-state index contributed by atoms with van der Waals surface area (Å²) in [6.07, 6.45) is -0.485. The first-order chi connectivity index (χ1) is 22.0. The minimum Gasteiger partial charge on any atom is -0.480 e. The van der Waals surface area contributed by atoms with Crippen LogP contribution in [0.1, 0.15) is 59.9 Å². The first-order valence-electron chi connectivity index (χ1n) is 15.2. The molecule has 0 bridgehead atoms. The minimum absolute atomic E-state index is 0.0131. The van der Waals surface area contributed by atoms with Crippen molar-refractivity contribution in [2.75, 3.05) is 18.4 Å². The zero-order valence-electron chi connectivity index (χ0n) is 27.3. The summed E-state index contributed by atoms with van der Waals surface area (Å²) in [4.78, 5) is 55.0. The van der Waals surface area contributed by atoms with Gasteiger partial charge in [0.1, 0.15) is 23.1 Å². The van der Waals surface area contributed by atoms with Crippen LogP contribution in [-0.2, 0) is 25.5 Å². The van der Waals surface area contributed by atoms with Gasteiger partial charge in [0.25, 0.3) is 5.89 Å². The number of hydrogen-bond donors (Lipinski definition) is 3. The maximum absolute atomic E-state index is 15.2. The number of benzene rings is 2. The number of carboxylic acids is 1. The van der Waals surface area contributed by atoms with Crippen molar-refractivity contribution in [3.63, 3.8) is 0 Å². The summed E-state index contributed by atoms with van der Waals surface area (Å²) in [5.74, 6) is -2.76. The summed E-state index contributed by atoms with van der Waals surface area (Å²) in [6, 6.07) is 9.38. The number of nitrogens with one attached hydrogen (secondary N) is 2. The Hall–Kier alpha value is -5.01. The van der Waals surface area contributed by atoms with E-state index in [-0.39, 0.29) is 23.7 Å². The number of aromatic nitrogens is 2. The normalized spacial score (nSPS) is 14.7. The monoisotopic (exact) mass is 653 g/mol. The van der Waals surface area contributed by atoms with Gasteiger partial charge in [0.05, 0.1) is 5.56 Å². The molecule has 3 amide bonds. The van der Waals surface area contributed by atoms with Gasteiger partial charge in [-0.3, -0.25) is 10.1 Å². The van der Waals surface area contributed by atoms with Gasteiger partial charge in [-0.1, -0.05) is 11.2 Å². The van der Waals surface area contributed by atoms with Crippen LogP contribution in [0.25, 0.3) is 22.8 Å². The fraction of sp³-hybridized carbons (Fsp3) is 0.455. The first kappa shape index (κ1) is 34.9. The number of rotatable bonds is 8. The van der Waals surface area contributed by atoms with Crippen LogP contribution >= 0.6 is 0 Å². The molecule has 14 heteroatoms. The molecule has 0 aliphatic carbocycles. The minimum atomic E-state index is -1.29. The number of aliphatic carboxylic acids is 1. The van der Waals surface area contributed by atoms with Gasteiger partial charge < -0.3 is 29.3 Å². The highest BCUT2D eigenvalue weighted by Gasteiger charge is 2.32. The highest BCUT2D eigenvalue weighted by atomic mass is 19.1. The van der Waals surface area contributed by atoms with Crippen LogP contribution in [0, 0.1) is 11.7 Å². The smallest absolute Gasteiger partial charge is 0.412 e. The number of hydrogen-bond acceptors (Lipinski definition) is 9. The summed E-state index contributed by atoms with van der Waals surface area (Å²) >= 11 is 0. The van der Waals surface area contributed by atoms with Crippen LogP contribution in [0.4, 0.5) is 19.7 Å². The number of piperidine rings is 1. The number of ether oxygens (including phenoxy) is 2. The van der Waals surface area contributed by atoms with Crippen molar-refractivity contribution in [3.8, 4) is 22.8 Å². The van der Waals surface area contributed by atoms with E-state index >= 15 is 4.39 Å². The number of carboxylic acid groups (broad SMARTS) is 1. The third kappa shape index (κ3) is 9.99. The molecule has 2 heterocycles. The van der Waals surface area contributed by atoms with Gasteiger partial charge in [0.15, 0.2) is 0 Å². The van der Waals surface area contributed by atoms with Crippen molar-refractivity contribution in [2.24, 2.45) is 5.92 Å². The second-order valence-electron chi connectivity index (χ2n) is 13.3. The average Bonchev–Trinajstić information content (AvgIpc) is 3.45. The van der Waals surface area contributed by atoms with Crippen LogP contribution in [-0.4, -0.2) is 74.5 Å². The zero-order valence-corrected chi connectivity index (χ0v) is 27.3. The van der Waals surface area contributed by atoms with E-state index in [1.807, 2.05) is 0 Å². The molecule has 1 aromatic heterocycles. The standard InChI is InChI=1S/C33H40FN5O8/c1-32(2,3)45-30(43)35-22-10-8-21(9-11-22)28-37-26(38-47-28)23-12-7-19(17-24(23)34)18-25(29(41)42)36-27(40)20-13-15-39(16-14-20)31(44)46-33(4,5)6/h7-12,17,20,25H,13-16,18H2,1-6H3,(H,35,43)(H,36,40)(H,41,42). The molecule has 0 radical (unpaired) electrons. The summed E-state index contributed by atoms with van der Waals surface area (Å²) in [6.45, 7) is 11.2. The molecule has 1 aliphatic rings. The Balaban J connectivity index is 1.35. The predicted molar refractivity (Wildman–Crippen MR) is 169 cm³/mol. The van der Waals surface area contributed by atoms with Gasteiger partial charge >= 0.3 is 18.2 Å². The van der Waals surface area contributed by atoms with E-state index in [2.05, 4.69) is 20.8 Å². The molecule has 1 atom stereocenters. The lowest BCUT2D eigenvalue weighted by Gasteiger charge is -2.33. The van der Waals surface area contributed by atoms with Crippen LogP contribution in [0.15, 0.2) is 47.0 Å². The molecule has 3 aromatic rings. The van der Waals surface area contributed by atoms with E-state index in [4.69, 9.17) is 14.0 Å². The summed E-state index contributed by atoms with van der Waals surface area (Å²) in [7, 11) is 0.